The molecule has 0 N–H and O–H groups in total. The van der Waals surface area contributed by atoms with Crippen LogP contribution in [0, 0.1) is 0 Å². The molecule has 6 heteroatoms. The number of rotatable bonds is 4. The van der Waals surface area contributed by atoms with Gasteiger partial charge in [-0.3, -0.25) is 4.90 Å². The van der Waals surface area contributed by atoms with E-state index in [-0.39, 0.29) is 0 Å². The highest BCUT2D eigenvalue weighted by Gasteiger charge is 2.29. The van der Waals surface area contributed by atoms with Crippen molar-refractivity contribution in [1.82, 2.24) is 9.21 Å². The van der Waals surface area contributed by atoms with Gasteiger partial charge in [-0.1, -0.05) is 70.5 Å². The smallest absolute Gasteiger partial charge is 0.243 e. The van der Waals surface area contributed by atoms with Gasteiger partial charge in [-0.15, -0.1) is 0 Å². The standard InChI is InChI=1S/C21H21BrN2O2S/c22-20-10-11-21(19-9-5-4-8-18(19)20)27(25,26)24-14-12-23(13-15-24)16-17-6-2-1-3-7-17/h1-11H,12-16H2. The average Bonchev–Trinajstić information content (AvgIpc) is 2.69. The summed E-state index contributed by atoms with van der Waals surface area (Å²) in [6, 6.07) is 21.4. The molecule has 1 aliphatic rings. The van der Waals surface area contributed by atoms with Gasteiger partial charge in [0.25, 0.3) is 0 Å². The molecule has 27 heavy (non-hydrogen) atoms. The number of benzene rings is 3. The second kappa shape index (κ2) is 7.72. The molecule has 140 valence electrons. The van der Waals surface area contributed by atoms with Crippen molar-refractivity contribution < 1.29 is 8.42 Å². The Hall–Kier alpha value is -1.73. The Morgan fingerprint density at radius 3 is 2.11 bits per heavy atom. The number of halogens is 1. The van der Waals surface area contributed by atoms with E-state index in [1.165, 1.54) is 5.56 Å². The molecule has 1 saturated heterocycles. The number of hydrogen-bond acceptors (Lipinski definition) is 3. The predicted molar refractivity (Wildman–Crippen MR) is 112 cm³/mol. The lowest BCUT2D eigenvalue weighted by atomic mass is 10.1. The van der Waals surface area contributed by atoms with Gasteiger partial charge in [-0.25, -0.2) is 8.42 Å². The van der Waals surface area contributed by atoms with Crippen molar-refractivity contribution in [2.24, 2.45) is 0 Å². The third kappa shape index (κ3) is 3.80. The summed E-state index contributed by atoms with van der Waals surface area (Å²) in [5.74, 6) is 0. The highest BCUT2D eigenvalue weighted by molar-refractivity contribution is 9.10. The molecule has 0 unspecified atom stereocenters. The summed E-state index contributed by atoms with van der Waals surface area (Å²) in [5.41, 5.74) is 1.26. The fraction of sp³-hybridized carbons (Fsp3) is 0.238. The van der Waals surface area contributed by atoms with Crippen molar-refractivity contribution in [2.45, 2.75) is 11.4 Å². The minimum atomic E-state index is -3.52. The third-order valence-electron chi connectivity index (χ3n) is 5.03. The van der Waals surface area contributed by atoms with Crippen LogP contribution in [0.5, 0.6) is 0 Å². The highest BCUT2D eigenvalue weighted by atomic mass is 79.9. The molecule has 0 aliphatic carbocycles. The first-order chi connectivity index (χ1) is 13.1. The van der Waals surface area contributed by atoms with Crippen molar-refractivity contribution in [3.8, 4) is 0 Å². The first kappa shape index (κ1) is 18.6. The average molecular weight is 445 g/mol. The van der Waals surface area contributed by atoms with Crippen LogP contribution in [0.15, 0.2) is 76.1 Å². The van der Waals surface area contributed by atoms with Gasteiger partial charge in [-0.05, 0) is 23.1 Å². The number of sulfonamides is 1. The van der Waals surface area contributed by atoms with Gasteiger partial charge in [0.15, 0.2) is 0 Å². The molecule has 4 rings (SSSR count). The van der Waals surface area contributed by atoms with E-state index in [2.05, 4.69) is 33.0 Å². The molecular weight excluding hydrogens is 424 g/mol. The SMILES string of the molecule is O=S(=O)(c1ccc(Br)c2ccccc12)N1CCN(Cc2ccccc2)CC1. The Kier molecular flexibility index (Phi) is 5.32. The first-order valence-electron chi connectivity index (χ1n) is 8.99. The number of hydrogen-bond donors (Lipinski definition) is 0. The van der Waals surface area contributed by atoms with Crippen LogP contribution in [-0.2, 0) is 16.6 Å². The zero-order valence-corrected chi connectivity index (χ0v) is 17.3. The lowest BCUT2D eigenvalue weighted by Crippen LogP contribution is -2.48. The molecule has 1 fully saturated rings. The van der Waals surface area contributed by atoms with Gasteiger partial charge in [0, 0.05) is 42.6 Å². The van der Waals surface area contributed by atoms with E-state index < -0.39 is 10.0 Å². The van der Waals surface area contributed by atoms with Gasteiger partial charge < -0.3 is 0 Å². The van der Waals surface area contributed by atoms with E-state index in [1.54, 1.807) is 10.4 Å². The van der Waals surface area contributed by atoms with Gasteiger partial charge in [0.05, 0.1) is 4.90 Å². The normalized spacial score (nSPS) is 16.6. The summed E-state index contributed by atoms with van der Waals surface area (Å²) in [6.07, 6.45) is 0. The van der Waals surface area contributed by atoms with E-state index in [4.69, 9.17) is 0 Å². The molecule has 1 aliphatic heterocycles. The largest absolute Gasteiger partial charge is 0.296 e. The monoisotopic (exact) mass is 444 g/mol. The van der Waals surface area contributed by atoms with E-state index in [0.29, 0.717) is 18.0 Å². The van der Waals surface area contributed by atoms with Gasteiger partial charge in [0.2, 0.25) is 10.0 Å². The molecule has 0 spiro atoms. The summed E-state index contributed by atoms with van der Waals surface area (Å²) < 4.78 is 29.1. The molecule has 0 aromatic heterocycles. The Bertz CT molecular complexity index is 1050. The van der Waals surface area contributed by atoms with E-state index in [9.17, 15) is 8.42 Å². The van der Waals surface area contributed by atoms with Crippen LogP contribution < -0.4 is 0 Å². The van der Waals surface area contributed by atoms with Crippen LogP contribution in [0.4, 0.5) is 0 Å². The van der Waals surface area contributed by atoms with Crippen LogP contribution in [0.1, 0.15) is 5.56 Å². The second-order valence-electron chi connectivity index (χ2n) is 6.76. The number of nitrogens with zero attached hydrogens (tertiary/aromatic N) is 2. The number of fused-ring (bicyclic) bond motifs is 1. The van der Waals surface area contributed by atoms with E-state index in [1.807, 2.05) is 48.5 Å². The van der Waals surface area contributed by atoms with Crippen LogP contribution in [0.2, 0.25) is 0 Å². The molecule has 0 saturated carbocycles. The zero-order valence-electron chi connectivity index (χ0n) is 14.9. The first-order valence-corrected chi connectivity index (χ1v) is 11.2. The molecule has 0 amide bonds. The maximum absolute atomic E-state index is 13.3. The molecular formula is C21H21BrN2O2S. The fourth-order valence-electron chi connectivity index (χ4n) is 3.57. The summed E-state index contributed by atoms with van der Waals surface area (Å²) in [5, 5.41) is 1.68. The van der Waals surface area contributed by atoms with Gasteiger partial charge in [-0.2, -0.15) is 4.31 Å². The lowest BCUT2D eigenvalue weighted by molar-refractivity contribution is 0.181. The summed E-state index contributed by atoms with van der Waals surface area (Å²) >= 11 is 3.52. The van der Waals surface area contributed by atoms with Crippen molar-refractivity contribution >= 4 is 36.7 Å². The predicted octanol–water partition coefficient (Wildman–Crippen LogP) is 4.11. The highest BCUT2D eigenvalue weighted by Crippen LogP contribution is 2.31. The Morgan fingerprint density at radius 1 is 0.778 bits per heavy atom. The zero-order chi connectivity index (χ0) is 18.9. The molecule has 1 heterocycles. The minimum Gasteiger partial charge on any atom is -0.296 e. The van der Waals surface area contributed by atoms with Gasteiger partial charge >= 0.3 is 0 Å². The Balaban J connectivity index is 1.54. The van der Waals surface area contributed by atoms with Crippen molar-refractivity contribution in [2.75, 3.05) is 26.2 Å². The van der Waals surface area contributed by atoms with Crippen molar-refractivity contribution in [3.63, 3.8) is 0 Å². The van der Waals surface area contributed by atoms with Crippen molar-refractivity contribution in [3.05, 3.63) is 76.8 Å². The van der Waals surface area contributed by atoms with Crippen LogP contribution in [0.3, 0.4) is 0 Å². The summed E-state index contributed by atoms with van der Waals surface area (Å²) in [6.45, 7) is 3.36. The van der Waals surface area contributed by atoms with Gasteiger partial charge in [0.1, 0.15) is 0 Å². The summed E-state index contributed by atoms with van der Waals surface area (Å²) in [4.78, 5) is 2.69. The minimum absolute atomic E-state index is 0.387. The lowest BCUT2D eigenvalue weighted by Gasteiger charge is -2.34. The number of piperazine rings is 1. The van der Waals surface area contributed by atoms with E-state index >= 15 is 0 Å². The maximum Gasteiger partial charge on any atom is 0.243 e. The quantitative estimate of drug-likeness (QED) is 0.607. The summed E-state index contributed by atoms with van der Waals surface area (Å²) in [7, 11) is -3.52. The second-order valence-corrected chi connectivity index (χ2v) is 9.52. The topological polar surface area (TPSA) is 40.6 Å². The van der Waals surface area contributed by atoms with Crippen LogP contribution in [-0.4, -0.2) is 43.8 Å². The molecule has 3 aromatic rings. The van der Waals surface area contributed by atoms with Crippen LogP contribution >= 0.6 is 15.9 Å². The fourth-order valence-corrected chi connectivity index (χ4v) is 5.66. The van der Waals surface area contributed by atoms with Crippen molar-refractivity contribution in [1.29, 1.82) is 0 Å². The Labute approximate surface area is 168 Å². The van der Waals surface area contributed by atoms with Crippen LogP contribution in [0.25, 0.3) is 10.8 Å². The third-order valence-corrected chi connectivity index (χ3v) is 7.68. The van der Waals surface area contributed by atoms with E-state index in [0.717, 1.165) is 34.9 Å². The molecule has 0 bridgehead atoms. The molecule has 0 atom stereocenters. The molecule has 3 aromatic carbocycles. The molecule has 4 nitrogen and oxygen atoms in total. The Morgan fingerprint density at radius 2 is 1.41 bits per heavy atom. The maximum atomic E-state index is 13.3. The molecule has 0 radical (unpaired) electrons.